The van der Waals surface area contributed by atoms with Gasteiger partial charge in [0.2, 0.25) is 0 Å². The van der Waals surface area contributed by atoms with E-state index in [-0.39, 0.29) is 18.0 Å². The molecule has 0 saturated carbocycles. The highest BCUT2D eigenvalue weighted by Gasteiger charge is 2.22. The second kappa shape index (κ2) is 3.57. The van der Waals surface area contributed by atoms with Gasteiger partial charge in [-0.3, -0.25) is 9.59 Å². The van der Waals surface area contributed by atoms with Gasteiger partial charge in [-0.05, 0) is 17.7 Å². The lowest BCUT2D eigenvalue weighted by Gasteiger charge is -2.11. The van der Waals surface area contributed by atoms with Crippen LogP contribution in [0.4, 0.5) is 0 Å². The molecule has 0 saturated heterocycles. The lowest BCUT2D eigenvalue weighted by Crippen LogP contribution is -2.16. The monoisotopic (exact) mass is 204 g/mol. The average molecular weight is 204 g/mol. The molecule has 0 radical (unpaired) electrons. The molecule has 0 aliphatic carbocycles. The minimum Gasteiger partial charge on any atom is -0.508 e. The summed E-state index contributed by atoms with van der Waals surface area (Å²) in [6.07, 6.45) is 0.924. The minimum atomic E-state index is -0.539. The highest BCUT2D eigenvalue weighted by atomic mass is 16.5. The number of carbonyl (C=O) groups is 2. The second-order valence-corrected chi connectivity index (χ2v) is 3.17. The van der Waals surface area contributed by atoms with E-state index < -0.39 is 5.97 Å². The van der Waals surface area contributed by atoms with Crippen molar-refractivity contribution in [2.75, 3.05) is 0 Å². The number of ketones is 1. The zero-order valence-corrected chi connectivity index (χ0v) is 7.77. The summed E-state index contributed by atoms with van der Waals surface area (Å²) in [5, 5.41) is 9.07. The Balaban J connectivity index is 2.35. The highest BCUT2D eigenvalue weighted by molar-refractivity contribution is 6.26. The Labute approximate surface area is 85.8 Å². The summed E-state index contributed by atoms with van der Waals surface area (Å²) in [7, 11) is 0. The number of carbonyl (C=O) groups excluding carboxylic acids is 2. The summed E-state index contributed by atoms with van der Waals surface area (Å²) in [5.74, 6) is -0.681. The number of hydrogen-bond donors (Lipinski definition) is 1. The van der Waals surface area contributed by atoms with Gasteiger partial charge in [0.25, 0.3) is 0 Å². The van der Waals surface area contributed by atoms with Crippen molar-refractivity contribution in [2.45, 2.75) is 6.42 Å². The molecule has 0 unspecified atom stereocenters. The van der Waals surface area contributed by atoms with E-state index in [9.17, 15) is 9.59 Å². The Kier molecular flexibility index (Phi) is 2.25. The quantitative estimate of drug-likeness (QED) is 0.552. The van der Waals surface area contributed by atoms with Crippen molar-refractivity contribution in [1.82, 2.24) is 0 Å². The third-order valence-electron chi connectivity index (χ3n) is 2.09. The molecular formula is C11H8O4. The fourth-order valence-electron chi connectivity index (χ4n) is 1.33. The predicted octanol–water partition coefficient (Wildman–Crippen LogP) is 1.25. The summed E-state index contributed by atoms with van der Waals surface area (Å²) < 4.78 is 4.66. The molecule has 76 valence electrons. The molecule has 4 heteroatoms. The van der Waals surface area contributed by atoms with Crippen LogP contribution >= 0.6 is 0 Å². The van der Waals surface area contributed by atoms with E-state index in [0.29, 0.717) is 11.1 Å². The van der Waals surface area contributed by atoms with Crippen LogP contribution in [0.2, 0.25) is 0 Å². The van der Waals surface area contributed by atoms with Crippen LogP contribution in [0.5, 0.6) is 5.75 Å². The number of allylic oxidation sites excluding steroid dienone is 1. The molecule has 0 fully saturated rings. The van der Waals surface area contributed by atoms with E-state index >= 15 is 0 Å². The molecule has 15 heavy (non-hydrogen) atoms. The molecule has 1 aliphatic rings. The molecule has 0 spiro atoms. The first kappa shape index (κ1) is 9.45. The van der Waals surface area contributed by atoms with Crippen molar-refractivity contribution < 1.29 is 19.4 Å². The van der Waals surface area contributed by atoms with Crippen LogP contribution in [0, 0.1) is 0 Å². The van der Waals surface area contributed by atoms with Crippen molar-refractivity contribution >= 4 is 17.3 Å². The van der Waals surface area contributed by atoms with Gasteiger partial charge in [-0.15, -0.1) is 0 Å². The molecule has 1 aromatic rings. The van der Waals surface area contributed by atoms with Crippen LogP contribution in [0.1, 0.15) is 12.0 Å². The Morgan fingerprint density at radius 3 is 2.40 bits per heavy atom. The first-order valence-corrected chi connectivity index (χ1v) is 4.39. The number of hydrogen-bond acceptors (Lipinski definition) is 4. The number of cyclic esters (lactones) is 1. The van der Waals surface area contributed by atoms with Gasteiger partial charge in [0.15, 0.2) is 5.78 Å². The number of Topliss-reactive ketones (excluding diaryl/α,β-unsaturated/α-hetero) is 1. The van der Waals surface area contributed by atoms with Crippen molar-refractivity contribution in [3.8, 4) is 5.75 Å². The molecule has 0 bridgehead atoms. The van der Waals surface area contributed by atoms with Gasteiger partial charge in [0.1, 0.15) is 18.4 Å². The zero-order valence-electron chi connectivity index (χ0n) is 7.77. The number of rotatable bonds is 1. The summed E-state index contributed by atoms with van der Waals surface area (Å²) in [6, 6.07) is 6.14. The van der Waals surface area contributed by atoms with Crippen LogP contribution in [0.15, 0.2) is 30.5 Å². The Morgan fingerprint density at radius 1 is 1.13 bits per heavy atom. The Hall–Kier alpha value is -2.10. The first-order chi connectivity index (χ1) is 7.16. The maximum absolute atomic E-state index is 11.5. The summed E-state index contributed by atoms with van der Waals surface area (Å²) in [6.45, 7) is 0. The van der Waals surface area contributed by atoms with Gasteiger partial charge in [-0.25, -0.2) is 0 Å². The largest absolute Gasteiger partial charge is 0.508 e. The van der Waals surface area contributed by atoms with Crippen LogP contribution in [0.25, 0.3) is 5.57 Å². The van der Waals surface area contributed by atoms with Crippen LogP contribution in [-0.4, -0.2) is 16.9 Å². The molecule has 0 amide bonds. The molecule has 1 heterocycles. The van der Waals surface area contributed by atoms with Gasteiger partial charge in [-0.1, -0.05) is 12.1 Å². The van der Waals surface area contributed by atoms with Crippen molar-refractivity contribution in [2.24, 2.45) is 0 Å². The molecule has 4 nitrogen and oxygen atoms in total. The molecular weight excluding hydrogens is 196 g/mol. The van der Waals surface area contributed by atoms with Crippen LogP contribution in [-0.2, 0) is 14.3 Å². The fraction of sp³-hybridized carbons (Fsp3) is 0.0909. The number of ether oxygens (including phenoxy) is 1. The van der Waals surface area contributed by atoms with Gasteiger partial charge < -0.3 is 9.84 Å². The normalized spacial score (nSPS) is 15.9. The SMILES string of the molecule is O=C1CC(=O)C(c2ccc(O)cc2)=CO1. The summed E-state index contributed by atoms with van der Waals surface area (Å²) >= 11 is 0. The van der Waals surface area contributed by atoms with Gasteiger partial charge in [0.05, 0.1) is 5.57 Å². The molecule has 1 N–H and O–H groups in total. The molecule has 2 rings (SSSR count). The topological polar surface area (TPSA) is 63.6 Å². The van der Waals surface area contributed by atoms with Gasteiger partial charge >= 0.3 is 5.97 Å². The Morgan fingerprint density at radius 2 is 1.80 bits per heavy atom. The van der Waals surface area contributed by atoms with Crippen molar-refractivity contribution in [1.29, 1.82) is 0 Å². The lowest BCUT2D eigenvalue weighted by molar-refractivity contribution is -0.141. The van der Waals surface area contributed by atoms with E-state index in [1.54, 1.807) is 12.1 Å². The lowest BCUT2D eigenvalue weighted by atomic mass is 10.00. The fourth-order valence-corrected chi connectivity index (χ4v) is 1.33. The number of phenols is 1. The number of phenolic OH excluding ortho intramolecular Hbond substituents is 1. The highest BCUT2D eigenvalue weighted by Crippen LogP contribution is 2.22. The van der Waals surface area contributed by atoms with E-state index in [1.165, 1.54) is 12.1 Å². The van der Waals surface area contributed by atoms with E-state index in [4.69, 9.17) is 5.11 Å². The number of esters is 1. The minimum absolute atomic E-state index is 0.125. The van der Waals surface area contributed by atoms with Crippen molar-refractivity contribution in [3.05, 3.63) is 36.1 Å². The first-order valence-electron chi connectivity index (χ1n) is 4.39. The maximum Gasteiger partial charge on any atom is 0.318 e. The maximum atomic E-state index is 11.5. The number of aromatic hydroxyl groups is 1. The molecule has 0 aromatic heterocycles. The molecule has 1 aliphatic heterocycles. The third-order valence-corrected chi connectivity index (χ3v) is 2.09. The smallest absolute Gasteiger partial charge is 0.318 e. The van der Waals surface area contributed by atoms with Crippen LogP contribution < -0.4 is 0 Å². The standard InChI is InChI=1S/C11H8O4/c12-8-3-1-7(2-4-8)9-6-15-11(14)5-10(9)13/h1-4,6,12H,5H2. The number of benzene rings is 1. The summed E-state index contributed by atoms with van der Waals surface area (Å²) in [4.78, 5) is 22.2. The van der Waals surface area contributed by atoms with Gasteiger partial charge in [0, 0.05) is 0 Å². The second-order valence-electron chi connectivity index (χ2n) is 3.17. The zero-order chi connectivity index (χ0) is 10.8. The van der Waals surface area contributed by atoms with E-state index in [2.05, 4.69) is 4.74 Å². The van der Waals surface area contributed by atoms with E-state index in [0.717, 1.165) is 6.26 Å². The van der Waals surface area contributed by atoms with E-state index in [1.807, 2.05) is 0 Å². The van der Waals surface area contributed by atoms with Gasteiger partial charge in [-0.2, -0.15) is 0 Å². The van der Waals surface area contributed by atoms with Crippen molar-refractivity contribution in [3.63, 3.8) is 0 Å². The summed E-state index contributed by atoms with van der Waals surface area (Å²) in [5.41, 5.74) is 0.986. The average Bonchev–Trinajstić information content (AvgIpc) is 2.20. The van der Waals surface area contributed by atoms with Crippen LogP contribution in [0.3, 0.4) is 0 Å². The predicted molar refractivity (Wildman–Crippen MR) is 51.8 cm³/mol. The molecule has 1 aromatic carbocycles. The Bertz CT molecular complexity index is 442. The third kappa shape index (κ3) is 1.88. The molecule has 0 atom stereocenters.